The normalized spacial score (nSPS) is 15.2. The van der Waals surface area contributed by atoms with Crippen molar-refractivity contribution in [1.29, 1.82) is 0 Å². The predicted octanol–water partition coefficient (Wildman–Crippen LogP) is 2.15. The molecule has 4 nitrogen and oxygen atoms in total. The van der Waals surface area contributed by atoms with E-state index in [4.69, 9.17) is 0 Å². The van der Waals surface area contributed by atoms with Gasteiger partial charge in [0.15, 0.2) is 0 Å². The fourth-order valence-corrected chi connectivity index (χ4v) is 3.43. The van der Waals surface area contributed by atoms with E-state index in [1.807, 2.05) is 34.9 Å². The van der Waals surface area contributed by atoms with Crippen LogP contribution >= 0.6 is 0 Å². The third kappa shape index (κ3) is 2.18. The molecule has 0 radical (unpaired) electrons. The van der Waals surface area contributed by atoms with Crippen molar-refractivity contribution >= 4 is 9.84 Å². The molecule has 3 rings (SSSR count). The molecule has 0 aliphatic heterocycles. The second kappa shape index (κ2) is 4.49. The number of sulfone groups is 1. The van der Waals surface area contributed by atoms with Crippen molar-refractivity contribution < 1.29 is 8.42 Å². The van der Waals surface area contributed by atoms with Crippen molar-refractivity contribution in [3.8, 4) is 5.69 Å². The summed E-state index contributed by atoms with van der Waals surface area (Å²) < 4.78 is 25.7. The molecule has 0 saturated carbocycles. The predicted molar refractivity (Wildman–Crippen MR) is 73.3 cm³/mol. The molecule has 1 heterocycles. The van der Waals surface area contributed by atoms with E-state index in [1.165, 1.54) is 6.26 Å². The van der Waals surface area contributed by atoms with Crippen LogP contribution in [0.3, 0.4) is 0 Å². The van der Waals surface area contributed by atoms with E-state index >= 15 is 0 Å². The Bertz CT molecular complexity index is 703. The summed E-state index contributed by atoms with van der Waals surface area (Å²) in [6, 6.07) is 9.59. The largest absolute Gasteiger partial charge is 0.287 e. The average Bonchev–Trinajstić information content (AvgIpc) is 2.79. The topological polar surface area (TPSA) is 52.0 Å². The zero-order valence-electron chi connectivity index (χ0n) is 10.8. The van der Waals surface area contributed by atoms with Gasteiger partial charge in [-0.25, -0.2) is 13.4 Å². The highest BCUT2D eigenvalue weighted by Crippen LogP contribution is 2.27. The fourth-order valence-electron chi connectivity index (χ4n) is 2.61. The lowest BCUT2D eigenvalue weighted by Gasteiger charge is -2.14. The quantitative estimate of drug-likeness (QED) is 0.844. The van der Waals surface area contributed by atoms with Crippen LogP contribution in [0.15, 0.2) is 35.5 Å². The molecule has 0 fully saturated rings. The third-order valence-electron chi connectivity index (χ3n) is 3.45. The van der Waals surface area contributed by atoms with Crippen LogP contribution in [0.1, 0.15) is 24.2 Å². The number of imidazole rings is 1. The van der Waals surface area contributed by atoms with Crippen LogP contribution < -0.4 is 0 Å². The summed E-state index contributed by atoms with van der Waals surface area (Å²) in [6.45, 7) is 0. The molecule has 2 aromatic rings. The van der Waals surface area contributed by atoms with Crippen molar-refractivity contribution in [2.75, 3.05) is 6.26 Å². The van der Waals surface area contributed by atoms with E-state index in [-0.39, 0.29) is 5.16 Å². The van der Waals surface area contributed by atoms with Crippen molar-refractivity contribution in [3.63, 3.8) is 0 Å². The Morgan fingerprint density at radius 1 is 1.11 bits per heavy atom. The van der Waals surface area contributed by atoms with Gasteiger partial charge in [-0.05, 0) is 37.8 Å². The van der Waals surface area contributed by atoms with E-state index in [9.17, 15) is 8.42 Å². The summed E-state index contributed by atoms with van der Waals surface area (Å²) >= 11 is 0. The van der Waals surface area contributed by atoms with Gasteiger partial charge < -0.3 is 0 Å². The van der Waals surface area contributed by atoms with Crippen molar-refractivity contribution in [2.24, 2.45) is 0 Å². The fraction of sp³-hybridized carbons (Fsp3) is 0.357. The molecule has 19 heavy (non-hydrogen) atoms. The molecule has 0 saturated heterocycles. The van der Waals surface area contributed by atoms with Crippen LogP contribution in [0, 0.1) is 0 Å². The van der Waals surface area contributed by atoms with Gasteiger partial charge in [0.25, 0.3) is 0 Å². The van der Waals surface area contributed by atoms with Gasteiger partial charge in [-0.15, -0.1) is 0 Å². The maximum atomic E-state index is 12.0. The molecule has 1 aliphatic carbocycles. The highest BCUT2D eigenvalue weighted by Gasteiger charge is 2.25. The second-order valence-corrected chi connectivity index (χ2v) is 6.85. The molecule has 1 aromatic carbocycles. The summed E-state index contributed by atoms with van der Waals surface area (Å²) in [4.78, 5) is 4.37. The van der Waals surface area contributed by atoms with Gasteiger partial charge in [-0.1, -0.05) is 18.2 Å². The molecule has 100 valence electrons. The molecule has 0 spiro atoms. The van der Waals surface area contributed by atoms with E-state index in [2.05, 4.69) is 4.98 Å². The Morgan fingerprint density at radius 3 is 2.47 bits per heavy atom. The molecular weight excluding hydrogens is 260 g/mol. The van der Waals surface area contributed by atoms with E-state index < -0.39 is 9.84 Å². The van der Waals surface area contributed by atoms with E-state index in [0.717, 1.165) is 42.8 Å². The number of aromatic nitrogens is 2. The Kier molecular flexibility index (Phi) is 2.93. The minimum absolute atomic E-state index is 0.172. The first-order chi connectivity index (χ1) is 9.07. The Labute approximate surface area is 113 Å². The van der Waals surface area contributed by atoms with Crippen LogP contribution in [0.2, 0.25) is 0 Å². The van der Waals surface area contributed by atoms with Crippen LogP contribution in [0.4, 0.5) is 0 Å². The monoisotopic (exact) mass is 276 g/mol. The van der Waals surface area contributed by atoms with Crippen LogP contribution in [-0.2, 0) is 22.7 Å². The number of para-hydroxylation sites is 1. The van der Waals surface area contributed by atoms with Gasteiger partial charge in [-0.3, -0.25) is 4.57 Å². The molecule has 0 atom stereocenters. The summed E-state index contributed by atoms with van der Waals surface area (Å²) in [7, 11) is -3.32. The van der Waals surface area contributed by atoms with E-state index in [0.29, 0.717) is 0 Å². The zero-order valence-corrected chi connectivity index (χ0v) is 11.7. The molecule has 0 bridgehead atoms. The first-order valence-electron chi connectivity index (χ1n) is 6.43. The molecular formula is C14H16N2O2S. The molecule has 5 heteroatoms. The smallest absolute Gasteiger partial charge is 0.232 e. The molecule has 0 N–H and O–H groups in total. The maximum Gasteiger partial charge on any atom is 0.232 e. The van der Waals surface area contributed by atoms with Gasteiger partial charge in [0, 0.05) is 17.6 Å². The highest BCUT2D eigenvalue weighted by atomic mass is 32.2. The maximum absolute atomic E-state index is 12.0. The van der Waals surface area contributed by atoms with Crippen LogP contribution in [0.5, 0.6) is 0 Å². The van der Waals surface area contributed by atoms with Crippen LogP contribution in [-0.4, -0.2) is 24.2 Å². The zero-order chi connectivity index (χ0) is 13.5. The van der Waals surface area contributed by atoms with Gasteiger partial charge in [0.1, 0.15) is 0 Å². The van der Waals surface area contributed by atoms with Crippen molar-refractivity contribution in [2.45, 2.75) is 30.8 Å². The lowest BCUT2D eigenvalue weighted by molar-refractivity contribution is 0.588. The number of rotatable bonds is 2. The molecule has 1 aromatic heterocycles. The summed E-state index contributed by atoms with van der Waals surface area (Å²) in [5.74, 6) is 0. The number of benzene rings is 1. The first-order valence-corrected chi connectivity index (χ1v) is 8.32. The standard InChI is InChI=1S/C14H16N2O2S/c1-19(17,18)14-15-12-9-5-6-10-13(12)16(14)11-7-3-2-4-8-11/h2-4,7-8H,5-6,9-10H2,1H3. The number of aryl methyl sites for hydroxylation is 1. The first kappa shape index (κ1) is 12.4. The number of nitrogens with zero attached hydrogens (tertiary/aromatic N) is 2. The summed E-state index contributed by atoms with van der Waals surface area (Å²) in [6.07, 6.45) is 5.17. The van der Waals surface area contributed by atoms with Gasteiger partial charge in [0.2, 0.25) is 15.0 Å². The molecule has 0 amide bonds. The van der Waals surface area contributed by atoms with Crippen molar-refractivity contribution in [3.05, 3.63) is 41.7 Å². The minimum Gasteiger partial charge on any atom is -0.287 e. The minimum atomic E-state index is -3.32. The average molecular weight is 276 g/mol. The van der Waals surface area contributed by atoms with Gasteiger partial charge in [-0.2, -0.15) is 0 Å². The Hall–Kier alpha value is -1.62. The number of fused-ring (bicyclic) bond motifs is 1. The SMILES string of the molecule is CS(=O)(=O)c1nc2c(n1-c1ccccc1)CCCC2. The van der Waals surface area contributed by atoms with E-state index in [1.54, 1.807) is 0 Å². The lowest BCUT2D eigenvalue weighted by Crippen LogP contribution is -2.11. The van der Waals surface area contributed by atoms with Gasteiger partial charge in [0.05, 0.1) is 5.69 Å². The number of hydrogen-bond donors (Lipinski definition) is 0. The molecule has 0 unspecified atom stereocenters. The van der Waals surface area contributed by atoms with Crippen LogP contribution in [0.25, 0.3) is 5.69 Å². The summed E-state index contributed by atoms with van der Waals surface area (Å²) in [5.41, 5.74) is 2.87. The van der Waals surface area contributed by atoms with Gasteiger partial charge >= 0.3 is 0 Å². The summed E-state index contributed by atoms with van der Waals surface area (Å²) in [5, 5.41) is 0.172. The third-order valence-corrected chi connectivity index (χ3v) is 4.39. The number of hydrogen-bond acceptors (Lipinski definition) is 3. The Balaban J connectivity index is 2.29. The lowest BCUT2D eigenvalue weighted by atomic mass is 10.0. The second-order valence-electron chi connectivity index (χ2n) is 4.94. The molecule has 1 aliphatic rings. The Morgan fingerprint density at radius 2 is 1.79 bits per heavy atom. The van der Waals surface area contributed by atoms with Crippen molar-refractivity contribution in [1.82, 2.24) is 9.55 Å². The highest BCUT2D eigenvalue weighted by molar-refractivity contribution is 7.90.